The number of aryl methyl sites for hydroxylation is 1. The van der Waals surface area contributed by atoms with Gasteiger partial charge in [0.15, 0.2) is 0 Å². The predicted molar refractivity (Wildman–Crippen MR) is 50.7 cm³/mol. The van der Waals surface area contributed by atoms with E-state index in [1.165, 1.54) is 16.8 Å². The van der Waals surface area contributed by atoms with E-state index < -0.39 is 0 Å². The number of nitrogens with zero attached hydrogens (tertiary/aromatic N) is 3. The van der Waals surface area contributed by atoms with E-state index >= 15 is 0 Å². The Kier molecular flexibility index (Phi) is 2.87. The van der Waals surface area contributed by atoms with Crippen molar-refractivity contribution in [2.24, 2.45) is 13.0 Å². The zero-order valence-electron chi connectivity index (χ0n) is 8.10. The number of hydrogen-bond acceptors (Lipinski definition) is 3. The molecular formula is C9H11N3O2. The van der Waals surface area contributed by atoms with Gasteiger partial charge < -0.3 is 4.57 Å². The highest BCUT2D eigenvalue weighted by Crippen LogP contribution is 1.92. The van der Waals surface area contributed by atoms with Crippen LogP contribution in [0.4, 0.5) is 0 Å². The van der Waals surface area contributed by atoms with E-state index in [0.717, 1.165) is 4.57 Å². The molecular weight excluding hydrogens is 182 g/mol. The number of aromatic nitrogens is 2. The van der Waals surface area contributed by atoms with Gasteiger partial charge in [0.2, 0.25) is 0 Å². The maximum atomic E-state index is 11.5. The molecule has 1 heterocycles. The summed E-state index contributed by atoms with van der Waals surface area (Å²) in [6.07, 6.45) is 1.41. The fourth-order valence-corrected chi connectivity index (χ4v) is 1.10. The Morgan fingerprint density at radius 3 is 2.79 bits per heavy atom. The monoisotopic (exact) mass is 193 g/mol. The normalized spacial score (nSPS) is 12.1. The van der Waals surface area contributed by atoms with Gasteiger partial charge in [-0.15, -0.1) is 0 Å². The second-order valence-electron chi connectivity index (χ2n) is 3.19. The van der Waals surface area contributed by atoms with Crippen LogP contribution in [0.3, 0.4) is 0 Å². The molecule has 0 aliphatic rings. The summed E-state index contributed by atoms with van der Waals surface area (Å²) < 4.78 is 2.37. The highest BCUT2D eigenvalue weighted by molar-refractivity contribution is 4.88. The second-order valence-corrected chi connectivity index (χ2v) is 3.19. The van der Waals surface area contributed by atoms with E-state index in [1.54, 1.807) is 14.0 Å². The van der Waals surface area contributed by atoms with E-state index in [-0.39, 0.29) is 23.7 Å². The zero-order chi connectivity index (χ0) is 10.7. The van der Waals surface area contributed by atoms with Crippen molar-refractivity contribution < 1.29 is 0 Å². The minimum atomic E-state index is -0.389. The molecule has 14 heavy (non-hydrogen) atoms. The van der Waals surface area contributed by atoms with E-state index in [0.29, 0.717) is 0 Å². The van der Waals surface area contributed by atoms with Crippen LogP contribution in [-0.4, -0.2) is 9.13 Å². The van der Waals surface area contributed by atoms with Gasteiger partial charge in [-0.1, -0.05) is 0 Å². The third-order valence-electron chi connectivity index (χ3n) is 1.92. The van der Waals surface area contributed by atoms with Gasteiger partial charge in [-0.05, 0) is 6.92 Å². The molecule has 1 unspecified atom stereocenters. The van der Waals surface area contributed by atoms with Crippen molar-refractivity contribution in [3.8, 4) is 6.07 Å². The predicted octanol–water partition coefficient (Wildman–Crippen LogP) is -0.293. The fourth-order valence-electron chi connectivity index (χ4n) is 1.10. The van der Waals surface area contributed by atoms with Crippen LogP contribution < -0.4 is 11.2 Å². The standard InChI is InChI=1S/C9H11N3O2/c1-7(5-10)6-12-8(13)3-4-11(2)9(12)14/h3-4,7H,6H2,1-2H3. The van der Waals surface area contributed by atoms with Crippen LogP contribution in [0.15, 0.2) is 21.9 Å². The third-order valence-corrected chi connectivity index (χ3v) is 1.92. The third kappa shape index (κ3) is 1.91. The summed E-state index contributed by atoms with van der Waals surface area (Å²) in [6, 6.07) is 3.29. The molecule has 0 aromatic carbocycles. The molecule has 0 aliphatic carbocycles. The maximum absolute atomic E-state index is 11.5. The van der Waals surface area contributed by atoms with E-state index in [2.05, 4.69) is 0 Å². The van der Waals surface area contributed by atoms with Crippen molar-refractivity contribution in [2.45, 2.75) is 13.5 Å². The molecule has 0 saturated heterocycles. The Bertz CT molecular complexity index is 478. The SMILES string of the molecule is CC(C#N)Cn1c(=O)ccn(C)c1=O. The van der Waals surface area contributed by atoms with Crippen LogP contribution >= 0.6 is 0 Å². The maximum Gasteiger partial charge on any atom is 0.330 e. The van der Waals surface area contributed by atoms with Crippen LogP contribution in [0.25, 0.3) is 0 Å². The second kappa shape index (κ2) is 3.92. The van der Waals surface area contributed by atoms with Crippen molar-refractivity contribution in [2.75, 3.05) is 0 Å². The average Bonchev–Trinajstić information content (AvgIpc) is 2.18. The molecule has 0 bridgehead atoms. The Hall–Kier alpha value is -1.83. The number of hydrogen-bond donors (Lipinski definition) is 0. The quantitative estimate of drug-likeness (QED) is 0.648. The van der Waals surface area contributed by atoms with E-state index in [9.17, 15) is 9.59 Å². The molecule has 0 spiro atoms. The molecule has 5 heteroatoms. The molecule has 0 radical (unpaired) electrons. The average molecular weight is 193 g/mol. The molecule has 1 rings (SSSR count). The van der Waals surface area contributed by atoms with Gasteiger partial charge in [0.25, 0.3) is 5.56 Å². The summed E-state index contributed by atoms with van der Waals surface area (Å²) in [6.45, 7) is 1.81. The van der Waals surface area contributed by atoms with Crippen molar-refractivity contribution in [3.63, 3.8) is 0 Å². The molecule has 1 aromatic heterocycles. The molecule has 5 nitrogen and oxygen atoms in total. The van der Waals surface area contributed by atoms with Crippen LogP contribution in [-0.2, 0) is 13.6 Å². The summed E-state index contributed by atoms with van der Waals surface area (Å²) in [5, 5.41) is 8.57. The highest BCUT2D eigenvalue weighted by atomic mass is 16.2. The van der Waals surface area contributed by atoms with Gasteiger partial charge in [-0.3, -0.25) is 9.36 Å². The van der Waals surface area contributed by atoms with E-state index in [4.69, 9.17) is 5.26 Å². The minimum absolute atomic E-state index is 0.142. The van der Waals surface area contributed by atoms with Crippen LogP contribution in [0, 0.1) is 17.2 Å². The Balaban J connectivity index is 3.22. The first-order valence-corrected chi connectivity index (χ1v) is 4.22. The Labute approximate surface area is 80.8 Å². The molecule has 0 aliphatic heterocycles. The molecule has 0 saturated carbocycles. The molecule has 74 valence electrons. The Morgan fingerprint density at radius 2 is 2.21 bits per heavy atom. The Morgan fingerprint density at radius 1 is 1.57 bits per heavy atom. The molecule has 0 amide bonds. The minimum Gasteiger partial charge on any atom is -0.303 e. The lowest BCUT2D eigenvalue weighted by Crippen LogP contribution is -2.39. The number of rotatable bonds is 2. The van der Waals surface area contributed by atoms with Crippen molar-refractivity contribution in [3.05, 3.63) is 33.1 Å². The summed E-state index contributed by atoms with van der Waals surface area (Å²) in [5.41, 5.74) is -0.755. The van der Waals surface area contributed by atoms with Crippen LogP contribution in [0.5, 0.6) is 0 Å². The molecule has 0 fully saturated rings. The summed E-state index contributed by atoms with van der Waals surface area (Å²) >= 11 is 0. The highest BCUT2D eigenvalue weighted by Gasteiger charge is 2.06. The molecule has 1 aromatic rings. The van der Waals surface area contributed by atoms with Crippen molar-refractivity contribution >= 4 is 0 Å². The first-order chi connectivity index (χ1) is 6.56. The lowest BCUT2D eigenvalue weighted by atomic mass is 10.2. The molecule has 1 atom stereocenters. The number of nitriles is 1. The zero-order valence-corrected chi connectivity index (χ0v) is 8.10. The van der Waals surface area contributed by atoms with Gasteiger partial charge >= 0.3 is 5.69 Å². The van der Waals surface area contributed by atoms with Gasteiger partial charge in [0, 0.05) is 25.9 Å². The first-order valence-electron chi connectivity index (χ1n) is 4.22. The van der Waals surface area contributed by atoms with E-state index in [1.807, 2.05) is 6.07 Å². The van der Waals surface area contributed by atoms with Crippen molar-refractivity contribution in [1.29, 1.82) is 5.26 Å². The lowest BCUT2D eigenvalue weighted by molar-refractivity contribution is 0.520. The summed E-state index contributed by atoms with van der Waals surface area (Å²) in [4.78, 5) is 22.7. The topological polar surface area (TPSA) is 67.8 Å². The van der Waals surface area contributed by atoms with Crippen molar-refractivity contribution in [1.82, 2.24) is 9.13 Å². The van der Waals surface area contributed by atoms with Gasteiger partial charge in [-0.2, -0.15) is 5.26 Å². The van der Waals surface area contributed by atoms with Gasteiger partial charge in [-0.25, -0.2) is 4.79 Å². The van der Waals surface area contributed by atoms with Crippen LogP contribution in [0.1, 0.15) is 6.92 Å². The van der Waals surface area contributed by atoms with Gasteiger partial charge in [0.1, 0.15) is 0 Å². The molecule has 0 N–H and O–H groups in total. The largest absolute Gasteiger partial charge is 0.330 e. The smallest absolute Gasteiger partial charge is 0.303 e. The van der Waals surface area contributed by atoms with Gasteiger partial charge in [0.05, 0.1) is 12.0 Å². The van der Waals surface area contributed by atoms with Crippen LogP contribution in [0.2, 0.25) is 0 Å². The lowest BCUT2D eigenvalue weighted by Gasteiger charge is -2.06. The fraction of sp³-hybridized carbons (Fsp3) is 0.444. The summed E-state index contributed by atoms with van der Waals surface area (Å²) in [5.74, 6) is -0.345. The summed E-state index contributed by atoms with van der Waals surface area (Å²) in [7, 11) is 1.56. The first kappa shape index (κ1) is 10.3.